The third-order valence-electron chi connectivity index (χ3n) is 3.92. The number of nitrogens with one attached hydrogen (secondary N) is 1. The van der Waals surface area contributed by atoms with Gasteiger partial charge < -0.3 is 15.8 Å². The highest BCUT2D eigenvalue weighted by molar-refractivity contribution is 7.92. The van der Waals surface area contributed by atoms with Gasteiger partial charge in [-0.1, -0.05) is 11.6 Å². The van der Waals surface area contributed by atoms with Gasteiger partial charge in [0.25, 0.3) is 0 Å². The number of methoxy groups -OCH3 is 1. The number of anilines is 2. The molecule has 0 bridgehead atoms. The summed E-state index contributed by atoms with van der Waals surface area (Å²) in [5.41, 5.74) is 6.08. The fourth-order valence-electron chi connectivity index (χ4n) is 2.57. The fraction of sp³-hybridized carbons (Fsp3) is 0.222. The smallest absolute Gasteiger partial charge is 0.248 e. The summed E-state index contributed by atoms with van der Waals surface area (Å²) in [7, 11) is -2.36. The Bertz CT molecular complexity index is 993. The van der Waals surface area contributed by atoms with Gasteiger partial charge in [-0.2, -0.15) is 0 Å². The summed E-state index contributed by atoms with van der Waals surface area (Å²) in [6.45, 7) is 1.45. The van der Waals surface area contributed by atoms with Crippen LogP contribution in [0.1, 0.15) is 17.3 Å². The van der Waals surface area contributed by atoms with Crippen LogP contribution >= 0.6 is 11.6 Å². The summed E-state index contributed by atoms with van der Waals surface area (Å²) in [5, 5.41) is 2.82. The van der Waals surface area contributed by atoms with Gasteiger partial charge >= 0.3 is 0 Å². The summed E-state index contributed by atoms with van der Waals surface area (Å²) < 4.78 is 30.7. The molecule has 28 heavy (non-hydrogen) atoms. The highest BCUT2D eigenvalue weighted by atomic mass is 35.5. The molecule has 2 amide bonds. The van der Waals surface area contributed by atoms with Crippen LogP contribution in [-0.4, -0.2) is 39.6 Å². The van der Waals surface area contributed by atoms with Gasteiger partial charge in [0.2, 0.25) is 21.8 Å². The first-order valence-corrected chi connectivity index (χ1v) is 10.3. The molecular formula is C18H20ClN3O5S. The van der Waals surface area contributed by atoms with Gasteiger partial charge in [0, 0.05) is 11.3 Å². The Morgan fingerprint density at radius 1 is 1.18 bits per heavy atom. The Morgan fingerprint density at radius 3 is 2.25 bits per heavy atom. The molecule has 0 fully saturated rings. The van der Waals surface area contributed by atoms with E-state index in [9.17, 15) is 18.0 Å². The van der Waals surface area contributed by atoms with Crippen LogP contribution in [0, 0.1) is 0 Å². The molecule has 2 rings (SSSR count). The average molecular weight is 426 g/mol. The van der Waals surface area contributed by atoms with Crippen molar-refractivity contribution in [3.63, 3.8) is 0 Å². The number of amides is 2. The second-order valence-electron chi connectivity index (χ2n) is 5.98. The summed E-state index contributed by atoms with van der Waals surface area (Å²) in [4.78, 5) is 23.7. The van der Waals surface area contributed by atoms with Crippen molar-refractivity contribution >= 4 is 44.8 Å². The molecule has 0 aliphatic carbocycles. The molecule has 150 valence electrons. The highest BCUT2D eigenvalue weighted by Gasteiger charge is 2.29. The Labute approximate surface area is 168 Å². The fourth-order valence-corrected chi connectivity index (χ4v) is 3.98. The number of carbonyl (C=O) groups is 2. The number of rotatable bonds is 7. The van der Waals surface area contributed by atoms with Crippen LogP contribution in [0.5, 0.6) is 5.75 Å². The Balaban J connectivity index is 2.30. The Morgan fingerprint density at radius 2 is 1.79 bits per heavy atom. The number of halogens is 1. The lowest BCUT2D eigenvalue weighted by Crippen LogP contribution is -2.45. The number of nitrogens with two attached hydrogens (primary N) is 1. The average Bonchev–Trinajstić information content (AvgIpc) is 2.61. The first kappa shape index (κ1) is 21.5. The van der Waals surface area contributed by atoms with E-state index in [1.54, 1.807) is 0 Å². The lowest BCUT2D eigenvalue weighted by atomic mass is 10.2. The first-order valence-electron chi connectivity index (χ1n) is 8.08. The van der Waals surface area contributed by atoms with Crippen molar-refractivity contribution in [3.05, 3.63) is 53.1 Å². The van der Waals surface area contributed by atoms with Crippen LogP contribution in [-0.2, 0) is 14.8 Å². The van der Waals surface area contributed by atoms with E-state index in [1.165, 1.54) is 56.5 Å². The molecule has 0 spiro atoms. The minimum absolute atomic E-state index is 0.211. The monoisotopic (exact) mass is 425 g/mol. The predicted molar refractivity (Wildman–Crippen MR) is 108 cm³/mol. The van der Waals surface area contributed by atoms with E-state index >= 15 is 0 Å². The summed E-state index contributed by atoms with van der Waals surface area (Å²) in [6, 6.07) is 9.27. The predicted octanol–water partition coefficient (Wildman–Crippen LogP) is 2.24. The molecule has 0 aliphatic heterocycles. The first-order chi connectivity index (χ1) is 13.0. The molecule has 0 saturated heterocycles. The minimum atomic E-state index is -3.80. The molecule has 0 heterocycles. The molecule has 2 aromatic rings. The van der Waals surface area contributed by atoms with Gasteiger partial charge in [0.05, 0.1) is 24.1 Å². The number of ether oxygens (including phenoxy) is 1. The summed E-state index contributed by atoms with van der Waals surface area (Å²) in [6.07, 6.45) is 0.997. The zero-order chi connectivity index (χ0) is 21.1. The molecule has 10 heteroatoms. The van der Waals surface area contributed by atoms with Crippen LogP contribution in [0.25, 0.3) is 0 Å². The largest absolute Gasteiger partial charge is 0.495 e. The SMILES string of the molecule is COc1ccc(N([C@@H](C)C(=O)Nc2ccc(C(N)=O)cc2)S(C)(=O)=O)cc1Cl. The van der Waals surface area contributed by atoms with Crippen molar-refractivity contribution in [3.8, 4) is 5.75 Å². The van der Waals surface area contributed by atoms with Gasteiger partial charge in [-0.05, 0) is 49.4 Å². The molecule has 0 saturated carbocycles. The number of hydrogen-bond acceptors (Lipinski definition) is 5. The van der Waals surface area contributed by atoms with Gasteiger partial charge in [0.1, 0.15) is 11.8 Å². The highest BCUT2D eigenvalue weighted by Crippen LogP contribution is 2.31. The topological polar surface area (TPSA) is 119 Å². The maximum absolute atomic E-state index is 12.6. The lowest BCUT2D eigenvalue weighted by molar-refractivity contribution is -0.116. The number of nitrogens with zero attached hydrogens (tertiary/aromatic N) is 1. The van der Waals surface area contributed by atoms with Crippen molar-refractivity contribution in [1.29, 1.82) is 0 Å². The van der Waals surface area contributed by atoms with Gasteiger partial charge in [-0.3, -0.25) is 13.9 Å². The molecular weight excluding hydrogens is 406 g/mol. The van der Waals surface area contributed by atoms with Crippen molar-refractivity contribution < 1.29 is 22.7 Å². The van der Waals surface area contributed by atoms with E-state index in [0.29, 0.717) is 11.4 Å². The van der Waals surface area contributed by atoms with Crippen molar-refractivity contribution in [2.45, 2.75) is 13.0 Å². The van der Waals surface area contributed by atoms with Crippen molar-refractivity contribution in [1.82, 2.24) is 0 Å². The standard InChI is InChI=1S/C18H20ClN3O5S/c1-11(18(24)21-13-6-4-12(5-7-13)17(20)23)22(28(3,25)26)14-8-9-16(27-2)15(19)10-14/h4-11H,1-3H3,(H2,20,23)(H,21,24)/t11-/m0/s1. The molecule has 3 N–H and O–H groups in total. The third kappa shape index (κ3) is 4.93. The Hall–Kier alpha value is -2.78. The second kappa shape index (κ2) is 8.49. The van der Waals surface area contributed by atoms with E-state index in [-0.39, 0.29) is 16.3 Å². The van der Waals surface area contributed by atoms with E-state index in [4.69, 9.17) is 22.1 Å². The Kier molecular flexibility index (Phi) is 6.52. The molecule has 2 aromatic carbocycles. The van der Waals surface area contributed by atoms with Crippen LogP contribution < -0.4 is 20.1 Å². The number of carbonyl (C=O) groups excluding carboxylic acids is 2. The third-order valence-corrected chi connectivity index (χ3v) is 5.45. The van der Waals surface area contributed by atoms with Gasteiger partial charge in [-0.15, -0.1) is 0 Å². The number of primary amides is 1. The summed E-state index contributed by atoms with van der Waals surface area (Å²) in [5.74, 6) is -0.777. The van der Waals surface area contributed by atoms with Crippen LogP contribution in [0.4, 0.5) is 11.4 Å². The maximum atomic E-state index is 12.6. The van der Waals surface area contributed by atoms with Crippen molar-refractivity contribution in [2.24, 2.45) is 5.73 Å². The van der Waals surface area contributed by atoms with E-state index in [0.717, 1.165) is 10.6 Å². The van der Waals surface area contributed by atoms with E-state index in [2.05, 4.69) is 5.32 Å². The van der Waals surface area contributed by atoms with Crippen LogP contribution in [0.2, 0.25) is 5.02 Å². The lowest BCUT2D eigenvalue weighted by Gasteiger charge is -2.28. The molecule has 8 nitrogen and oxygen atoms in total. The van der Waals surface area contributed by atoms with E-state index in [1.807, 2.05) is 0 Å². The number of sulfonamides is 1. The number of hydrogen-bond donors (Lipinski definition) is 2. The summed E-state index contributed by atoms with van der Waals surface area (Å²) >= 11 is 6.09. The normalized spacial score (nSPS) is 12.1. The number of benzene rings is 2. The van der Waals surface area contributed by atoms with Crippen LogP contribution in [0.15, 0.2) is 42.5 Å². The molecule has 1 atom stereocenters. The molecule has 0 unspecified atom stereocenters. The molecule has 0 radical (unpaired) electrons. The van der Waals surface area contributed by atoms with Gasteiger partial charge in [-0.25, -0.2) is 8.42 Å². The van der Waals surface area contributed by atoms with Crippen molar-refractivity contribution in [2.75, 3.05) is 23.0 Å². The van der Waals surface area contributed by atoms with Gasteiger partial charge in [0.15, 0.2) is 0 Å². The quantitative estimate of drug-likeness (QED) is 0.705. The van der Waals surface area contributed by atoms with E-state index < -0.39 is 27.9 Å². The second-order valence-corrected chi connectivity index (χ2v) is 8.25. The van der Waals surface area contributed by atoms with Crippen LogP contribution in [0.3, 0.4) is 0 Å². The maximum Gasteiger partial charge on any atom is 0.248 e. The molecule has 0 aliphatic rings. The zero-order valence-corrected chi connectivity index (χ0v) is 17.0. The zero-order valence-electron chi connectivity index (χ0n) is 15.5. The minimum Gasteiger partial charge on any atom is -0.495 e. The molecule has 0 aromatic heterocycles.